The van der Waals surface area contributed by atoms with Crippen molar-refractivity contribution in [1.82, 2.24) is 5.32 Å². The number of hydrogen-bond donors (Lipinski definition) is 1. The molecule has 1 N–H and O–H groups in total. The van der Waals surface area contributed by atoms with Crippen molar-refractivity contribution in [1.29, 1.82) is 0 Å². The van der Waals surface area contributed by atoms with Crippen molar-refractivity contribution in [2.75, 3.05) is 21.3 Å². The van der Waals surface area contributed by atoms with E-state index in [2.05, 4.69) is 11.4 Å². The van der Waals surface area contributed by atoms with Crippen molar-refractivity contribution in [3.05, 3.63) is 23.8 Å². The molecule has 17 heavy (non-hydrogen) atoms. The topological polar surface area (TPSA) is 30.5 Å². The van der Waals surface area contributed by atoms with Gasteiger partial charge in [0.05, 0.1) is 14.2 Å². The number of rotatable bonds is 4. The Hall–Kier alpha value is -1.22. The normalized spacial score (nSPS) is 23.7. The molecule has 0 bridgehead atoms. The molecule has 1 saturated carbocycles. The highest BCUT2D eigenvalue weighted by Crippen LogP contribution is 2.40. The molecule has 3 heteroatoms. The molecule has 1 fully saturated rings. The molecule has 1 aromatic rings. The van der Waals surface area contributed by atoms with Gasteiger partial charge in [-0.2, -0.15) is 0 Å². The molecule has 1 aliphatic carbocycles. The maximum atomic E-state index is 5.47. The molecule has 0 aliphatic heterocycles. The number of methoxy groups -OCH3 is 2. The predicted octanol–water partition coefficient (Wildman–Crippen LogP) is 2.56. The lowest BCUT2D eigenvalue weighted by atomic mass is 9.96. The monoisotopic (exact) mass is 235 g/mol. The first-order valence-corrected chi connectivity index (χ1v) is 6.17. The van der Waals surface area contributed by atoms with E-state index >= 15 is 0 Å². The molecular weight excluding hydrogens is 214 g/mol. The molecule has 0 aromatic heterocycles. The second-order valence-electron chi connectivity index (χ2n) is 4.60. The third kappa shape index (κ3) is 2.55. The largest absolute Gasteiger partial charge is 0.497 e. The fourth-order valence-corrected chi connectivity index (χ4v) is 2.68. The van der Waals surface area contributed by atoms with Gasteiger partial charge in [0, 0.05) is 12.1 Å². The molecule has 1 aliphatic rings. The summed E-state index contributed by atoms with van der Waals surface area (Å²) in [7, 11) is 5.45. The van der Waals surface area contributed by atoms with Crippen LogP contribution in [-0.2, 0) is 0 Å². The highest BCUT2D eigenvalue weighted by Gasteiger charge is 2.26. The van der Waals surface area contributed by atoms with Gasteiger partial charge >= 0.3 is 0 Å². The van der Waals surface area contributed by atoms with Crippen LogP contribution >= 0.6 is 0 Å². The van der Waals surface area contributed by atoms with Crippen LogP contribution in [0.4, 0.5) is 0 Å². The first-order valence-electron chi connectivity index (χ1n) is 6.17. The Kier molecular flexibility index (Phi) is 3.89. The Bertz CT molecular complexity index is 378. The molecule has 94 valence electrons. The lowest BCUT2D eigenvalue weighted by Gasteiger charge is -2.16. The van der Waals surface area contributed by atoms with Crippen molar-refractivity contribution >= 4 is 0 Å². The highest BCUT2D eigenvalue weighted by molar-refractivity contribution is 5.43. The summed E-state index contributed by atoms with van der Waals surface area (Å²) >= 11 is 0. The van der Waals surface area contributed by atoms with E-state index in [0.29, 0.717) is 12.0 Å². The van der Waals surface area contributed by atoms with Crippen LogP contribution in [0.3, 0.4) is 0 Å². The van der Waals surface area contributed by atoms with E-state index in [1.165, 1.54) is 24.8 Å². The Morgan fingerprint density at radius 3 is 2.59 bits per heavy atom. The van der Waals surface area contributed by atoms with Crippen molar-refractivity contribution in [3.8, 4) is 11.5 Å². The van der Waals surface area contributed by atoms with Crippen LogP contribution in [0.1, 0.15) is 30.7 Å². The summed E-state index contributed by atoms with van der Waals surface area (Å²) in [6, 6.07) is 6.78. The molecule has 0 heterocycles. The molecule has 2 atom stereocenters. The van der Waals surface area contributed by atoms with Gasteiger partial charge in [-0.15, -0.1) is 0 Å². The van der Waals surface area contributed by atoms with Gasteiger partial charge in [0.2, 0.25) is 0 Å². The lowest BCUT2D eigenvalue weighted by molar-refractivity contribution is 0.388. The number of benzene rings is 1. The van der Waals surface area contributed by atoms with Crippen LogP contribution < -0.4 is 14.8 Å². The summed E-state index contributed by atoms with van der Waals surface area (Å²) < 4.78 is 10.7. The average Bonchev–Trinajstić information content (AvgIpc) is 2.86. The first-order chi connectivity index (χ1) is 8.28. The Morgan fingerprint density at radius 2 is 2.00 bits per heavy atom. The lowest BCUT2D eigenvalue weighted by Crippen LogP contribution is -2.21. The summed E-state index contributed by atoms with van der Waals surface area (Å²) in [5.41, 5.74) is 1.31. The summed E-state index contributed by atoms with van der Waals surface area (Å²) in [6.07, 6.45) is 3.67. The quantitative estimate of drug-likeness (QED) is 0.870. The minimum Gasteiger partial charge on any atom is -0.497 e. The second-order valence-corrected chi connectivity index (χ2v) is 4.60. The van der Waals surface area contributed by atoms with Gasteiger partial charge in [-0.3, -0.25) is 0 Å². The van der Waals surface area contributed by atoms with Gasteiger partial charge in [0.1, 0.15) is 11.5 Å². The Morgan fingerprint density at radius 1 is 1.18 bits per heavy atom. The van der Waals surface area contributed by atoms with Gasteiger partial charge in [-0.05, 0) is 43.9 Å². The maximum Gasteiger partial charge on any atom is 0.126 e. The highest BCUT2D eigenvalue weighted by atomic mass is 16.5. The summed E-state index contributed by atoms with van der Waals surface area (Å²) in [4.78, 5) is 0. The van der Waals surface area contributed by atoms with Crippen LogP contribution in [-0.4, -0.2) is 27.3 Å². The Balaban J connectivity index is 2.20. The van der Waals surface area contributed by atoms with Crippen molar-refractivity contribution in [3.63, 3.8) is 0 Å². The van der Waals surface area contributed by atoms with E-state index in [0.717, 1.165) is 11.5 Å². The molecule has 0 spiro atoms. The van der Waals surface area contributed by atoms with Gasteiger partial charge in [-0.1, -0.05) is 6.07 Å². The summed E-state index contributed by atoms with van der Waals surface area (Å²) in [6.45, 7) is 0. The van der Waals surface area contributed by atoms with Crippen molar-refractivity contribution in [2.45, 2.75) is 31.2 Å². The zero-order chi connectivity index (χ0) is 12.3. The van der Waals surface area contributed by atoms with Crippen molar-refractivity contribution < 1.29 is 9.47 Å². The molecular formula is C14H21NO2. The first kappa shape index (κ1) is 12.2. The SMILES string of the molecule is CNC1CCC(c2ccc(OC)cc2OC)C1. The average molecular weight is 235 g/mol. The van der Waals surface area contributed by atoms with Crippen LogP contribution in [0.25, 0.3) is 0 Å². The third-order valence-corrected chi connectivity index (χ3v) is 3.72. The van der Waals surface area contributed by atoms with E-state index in [4.69, 9.17) is 9.47 Å². The number of nitrogens with one attached hydrogen (secondary N) is 1. The summed E-state index contributed by atoms with van der Waals surface area (Å²) in [5.74, 6) is 2.41. The smallest absolute Gasteiger partial charge is 0.126 e. The van der Waals surface area contributed by atoms with Gasteiger partial charge in [0.25, 0.3) is 0 Å². The van der Waals surface area contributed by atoms with Gasteiger partial charge in [0.15, 0.2) is 0 Å². The molecule has 0 saturated heterocycles. The molecule has 3 nitrogen and oxygen atoms in total. The van der Waals surface area contributed by atoms with Gasteiger partial charge in [-0.25, -0.2) is 0 Å². The van der Waals surface area contributed by atoms with Crippen LogP contribution in [0.15, 0.2) is 18.2 Å². The predicted molar refractivity (Wildman–Crippen MR) is 69.0 cm³/mol. The molecule has 0 amide bonds. The minimum atomic E-state index is 0.605. The van der Waals surface area contributed by atoms with E-state index in [-0.39, 0.29) is 0 Å². The standard InChI is InChI=1S/C14H21NO2/c1-15-11-5-4-10(8-11)13-7-6-12(16-2)9-14(13)17-3/h6-7,9-11,15H,4-5,8H2,1-3H3. The zero-order valence-corrected chi connectivity index (χ0v) is 10.8. The van der Waals surface area contributed by atoms with E-state index in [1.807, 2.05) is 19.2 Å². The second kappa shape index (κ2) is 5.41. The molecule has 1 aromatic carbocycles. The number of ether oxygens (including phenoxy) is 2. The van der Waals surface area contributed by atoms with E-state index in [9.17, 15) is 0 Å². The molecule has 0 radical (unpaired) electrons. The fourth-order valence-electron chi connectivity index (χ4n) is 2.68. The van der Waals surface area contributed by atoms with Crippen molar-refractivity contribution in [2.24, 2.45) is 0 Å². The van der Waals surface area contributed by atoms with Gasteiger partial charge < -0.3 is 14.8 Å². The Labute approximate surface area is 103 Å². The molecule has 2 rings (SSSR count). The summed E-state index contributed by atoms with van der Waals surface area (Å²) in [5, 5.41) is 3.36. The van der Waals surface area contributed by atoms with Crippen LogP contribution in [0.2, 0.25) is 0 Å². The number of hydrogen-bond acceptors (Lipinski definition) is 3. The maximum absolute atomic E-state index is 5.47. The minimum absolute atomic E-state index is 0.605. The van der Waals surface area contributed by atoms with Crippen LogP contribution in [0, 0.1) is 0 Å². The van der Waals surface area contributed by atoms with E-state index in [1.54, 1.807) is 14.2 Å². The van der Waals surface area contributed by atoms with E-state index < -0.39 is 0 Å². The molecule has 2 unspecified atom stereocenters. The zero-order valence-electron chi connectivity index (χ0n) is 10.8. The fraction of sp³-hybridized carbons (Fsp3) is 0.571. The van der Waals surface area contributed by atoms with Crippen LogP contribution in [0.5, 0.6) is 11.5 Å². The third-order valence-electron chi connectivity index (χ3n) is 3.72.